The van der Waals surface area contributed by atoms with Crippen LogP contribution in [0.3, 0.4) is 0 Å². The van der Waals surface area contributed by atoms with Crippen LogP contribution in [0.15, 0.2) is 29.1 Å². The van der Waals surface area contributed by atoms with Crippen LogP contribution < -0.4 is 10.1 Å². The zero-order chi connectivity index (χ0) is 13.0. The number of hydrogen-bond acceptors (Lipinski definition) is 5. The van der Waals surface area contributed by atoms with E-state index in [-0.39, 0.29) is 17.2 Å². The summed E-state index contributed by atoms with van der Waals surface area (Å²) >= 11 is 1.46. The Bertz CT molecular complexity index is 540. The highest BCUT2D eigenvalue weighted by Crippen LogP contribution is 2.22. The lowest BCUT2D eigenvalue weighted by Gasteiger charge is -2.07. The number of methoxy groups -OCH3 is 1. The molecule has 0 saturated heterocycles. The normalized spacial score (nSPS) is 10.1. The minimum atomic E-state index is -0.362. The lowest BCUT2D eigenvalue weighted by molar-refractivity contribution is 0.0947. The first-order chi connectivity index (χ1) is 8.70. The van der Waals surface area contributed by atoms with E-state index in [9.17, 15) is 9.90 Å². The van der Waals surface area contributed by atoms with Crippen LogP contribution in [0.2, 0.25) is 0 Å². The summed E-state index contributed by atoms with van der Waals surface area (Å²) in [4.78, 5) is 15.9. The molecule has 0 unspecified atom stereocenters. The average Bonchev–Trinajstić information content (AvgIpc) is 2.89. The van der Waals surface area contributed by atoms with Gasteiger partial charge in [-0.2, -0.15) is 0 Å². The number of ether oxygens (including phenoxy) is 1. The molecule has 0 aliphatic carbocycles. The quantitative estimate of drug-likeness (QED) is 0.883. The van der Waals surface area contributed by atoms with E-state index >= 15 is 0 Å². The fourth-order valence-corrected chi connectivity index (χ4v) is 1.97. The molecule has 2 N–H and O–H groups in total. The number of aromatic nitrogens is 1. The molecule has 0 aliphatic heterocycles. The van der Waals surface area contributed by atoms with Crippen LogP contribution in [0.1, 0.15) is 16.1 Å². The van der Waals surface area contributed by atoms with Crippen LogP contribution in [0.5, 0.6) is 11.5 Å². The van der Waals surface area contributed by atoms with Crippen molar-refractivity contribution in [2.75, 3.05) is 7.11 Å². The molecular weight excluding hydrogens is 252 g/mol. The van der Waals surface area contributed by atoms with E-state index < -0.39 is 0 Å². The number of phenols is 1. The fourth-order valence-electron chi connectivity index (χ4n) is 1.41. The SMILES string of the molecule is COc1ccc(O)c(C(=O)NCc2cscn2)c1. The van der Waals surface area contributed by atoms with Gasteiger partial charge in [-0.1, -0.05) is 0 Å². The summed E-state index contributed by atoms with van der Waals surface area (Å²) in [6.45, 7) is 0.332. The minimum Gasteiger partial charge on any atom is -0.507 e. The summed E-state index contributed by atoms with van der Waals surface area (Å²) in [5, 5.41) is 14.2. The summed E-state index contributed by atoms with van der Waals surface area (Å²) < 4.78 is 5.01. The third-order valence-corrected chi connectivity index (χ3v) is 3.00. The van der Waals surface area contributed by atoms with Crippen molar-refractivity contribution in [3.8, 4) is 11.5 Å². The molecule has 1 aromatic carbocycles. The van der Waals surface area contributed by atoms with Gasteiger partial charge in [-0.15, -0.1) is 11.3 Å². The monoisotopic (exact) mass is 264 g/mol. The maximum atomic E-state index is 11.9. The number of nitrogens with zero attached hydrogens (tertiary/aromatic N) is 1. The van der Waals surface area contributed by atoms with Crippen molar-refractivity contribution in [2.45, 2.75) is 6.54 Å². The highest BCUT2D eigenvalue weighted by Gasteiger charge is 2.12. The Kier molecular flexibility index (Phi) is 3.78. The predicted octanol–water partition coefficient (Wildman–Crippen LogP) is 1.79. The Morgan fingerprint density at radius 3 is 3.06 bits per heavy atom. The Hall–Kier alpha value is -2.08. The Morgan fingerprint density at radius 2 is 2.39 bits per heavy atom. The topological polar surface area (TPSA) is 71.5 Å². The van der Waals surface area contributed by atoms with E-state index in [1.165, 1.54) is 30.6 Å². The lowest BCUT2D eigenvalue weighted by atomic mass is 10.1. The van der Waals surface area contributed by atoms with Crippen molar-refractivity contribution < 1.29 is 14.6 Å². The van der Waals surface area contributed by atoms with Gasteiger partial charge < -0.3 is 15.2 Å². The molecule has 0 bridgehead atoms. The van der Waals surface area contributed by atoms with Gasteiger partial charge in [0.2, 0.25) is 0 Å². The van der Waals surface area contributed by atoms with Crippen LogP contribution in [0, 0.1) is 0 Å². The van der Waals surface area contributed by atoms with Crippen molar-refractivity contribution in [3.63, 3.8) is 0 Å². The molecule has 18 heavy (non-hydrogen) atoms. The van der Waals surface area contributed by atoms with E-state index in [1.54, 1.807) is 11.6 Å². The summed E-state index contributed by atoms with van der Waals surface area (Å²) in [6, 6.07) is 4.51. The van der Waals surface area contributed by atoms with Crippen molar-refractivity contribution in [2.24, 2.45) is 0 Å². The fraction of sp³-hybridized carbons (Fsp3) is 0.167. The van der Waals surface area contributed by atoms with Gasteiger partial charge in [-0.25, -0.2) is 4.98 Å². The van der Waals surface area contributed by atoms with Crippen LogP contribution in [0.25, 0.3) is 0 Å². The molecule has 0 saturated carbocycles. The number of phenolic OH excluding ortho intramolecular Hbond substituents is 1. The van der Waals surface area contributed by atoms with Crippen molar-refractivity contribution in [3.05, 3.63) is 40.3 Å². The standard InChI is InChI=1S/C12H12N2O3S/c1-17-9-2-3-11(15)10(4-9)12(16)13-5-8-6-18-7-14-8/h2-4,6-7,15H,5H2,1H3,(H,13,16). The number of hydrogen-bond donors (Lipinski definition) is 2. The summed E-state index contributed by atoms with van der Waals surface area (Å²) in [7, 11) is 1.50. The molecule has 1 amide bonds. The first-order valence-corrected chi connectivity index (χ1v) is 6.17. The van der Waals surface area contributed by atoms with E-state index in [1.807, 2.05) is 5.38 Å². The second-order valence-electron chi connectivity index (χ2n) is 3.55. The van der Waals surface area contributed by atoms with Gasteiger partial charge in [0, 0.05) is 5.38 Å². The molecule has 5 nitrogen and oxygen atoms in total. The number of thiazole rings is 1. The van der Waals surface area contributed by atoms with Gasteiger partial charge >= 0.3 is 0 Å². The average molecular weight is 264 g/mol. The third-order valence-electron chi connectivity index (χ3n) is 2.36. The molecule has 6 heteroatoms. The Balaban J connectivity index is 2.08. The number of nitrogens with one attached hydrogen (secondary N) is 1. The van der Waals surface area contributed by atoms with Gasteiger partial charge in [0.1, 0.15) is 11.5 Å². The summed E-state index contributed by atoms with van der Waals surface area (Å²) in [5.41, 5.74) is 2.67. The zero-order valence-corrected chi connectivity index (χ0v) is 10.5. The molecule has 0 atom stereocenters. The van der Waals surface area contributed by atoms with Crippen LogP contribution >= 0.6 is 11.3 Å². The Labute approximate surface area is 108 Å². The summed E-state index contributed by atoms with van der Waals surface area (Å²) in [6.07, 6.45) is 0. The predicted molar refractivity (Wildman–Crippen MR) is 67.9 cm³/mol. The third kappa shape index (κ3) is 2.78. The van der Waals surface area contributed by atoms with E-state index in [0.29, 0.717) is 12.3 Å². The maximum Gasteiger partial charge on any atom is 0.255 e. The second kappa shape index (κ2) is 5.50. The highest BCUT2D eigenvalue weighted by atomic mass is 32.1. The number of benzene rings is 1. The molecule has 0 radical (unpaired) electrons. The van der Waals surface area contributed by atoms with Gasteiger partial charge in [-0.3, -0.25) is 4.79 Å². The van der Waals surface area contributed by atoms with Crippen LogP contribution in [-0.4, -0.2) is 23.1 Å². The first kappa shape index (κ1) is 12.4. The molecule has 0 fully saturated rings. The van der Waals surface area contributed by atoms with E-state index in [4.69, 9.17) is 4.74 Å². The molecule has 2 rings (SSSR count). The molecule has 2 aromatic rings. The lowest BCUT2D eigenvalue weighted by Crippen LogP contribution is -2.23. The zero-order valence-electron chi connectivity index (χ0n) is 9.71. The number of carbonyl (C=O) groups excluding carboxylic acids is 1. The van der Waals surface area contributed by atoms with Crippen molar-refractivity contribution in [1.82, 2.24) is 10.3 Å². The Morgan fingerprint density at radius 1 is 1.56 bits per heavy atom. The molecule has 1 aromatic heterocycles. The smallest absolute Gasteiger partial charge is 0.255 e. The highest BCUT2D eigenvalue weighted by molar-refractivity contribution is 7.07. The molecule has 0 spiro atoms. The van der Waals surface area contributed by atoms with Gasteiger partial charge in [0.05, 0.1) is 30.4 Å². The molecule has 94 valence electrons. The van der Waals surface area contributed by atoms with Crippen LogP contribution in [0.4, 0.5) is 0 Å². The minimum absolute atomic E-state index is 0.0772. The summed E-state index contributed by atoms with van der Waals surface area (Å²) in [5.74, 6) is 0.0811. The maximum absolute atomic E-state index is 11.9. The molecular formula is C12H12N2O3S. The van der Waals surface area contributed by atoms with E-state index in [0.717, 1.165) is 5.69 Å². The second-order valence-corrected chi connectivity index (χ2v) is 4.26. The van der Waals surface area contributed by atoms with Crippen LogP contribution in [-0.2, 0) is 6.54 Å². The van der Waals surface area contributed by atoms with Gasteiger partial charge in [0.15, 0.2) is 0 Å². The van der Waals surface area contributed by atoms with Gasteiger partial charge in [0.25, 0.3) is 5.91 Å². The van der Waals surface area contributed by atoms with Crippen molar-refractivity contribution >= 4 is 17.2 Å². The first-order valence-electron chi connectivity index (χ1n) is 5.23. The molecule has 1 heterocycles. The van der Waals surface area contributed by atoms with E-state index in [2.05, 4.69) is 10.3 Å². The number of carbonyl (C=O) groups is 1. The van der Waals surface area contributed by atoms with Gasteiger partial charge in [-0.05, 0) is 18.2 Å². The number of rotatable bonds is 4. The molecule has 0 aliphatic rings. The number of amides is 1. The number of aromatic hydroxyl groups is 1. The van der Waals surface area contributed by atoms with Crippen molar-refractivity contribution in [1.29, 1.82) is 0 Å². The largest absolute Gasteiger partial charge is 0.507 e.